The maximum Gasteiger partial charge on any atom is 0.0462 e. The molecule has 0 aliphatic heterocycles. The zero-order valence-electron chi connectivity index (χ0n) is 35.2. The summed E-state index contributed by atoms with van der Waals surface area (Å²) in [5, 5.41) is 5.16. The molecule has 0 amide bonds. The van der Waals surface area contributed by atoms with Gasteiger partial charge in [-0.2, -0.15) is 0 Å². The first-order chi connectivity index (χ1) is 31.0. The van der Waals surface area contributed by atoms with Crippen LogP contribution in [-0.2, 0) is 5.41 Å². The fourth-order valence-corrected chi connectivity index (χ4v) is 11.1. The third-order valence-corrected chi connectivity index (χ3v) is 14.4. The molecule has 0 saturated carbocycles. The Morgan fingerprint density at radius 3 is 1.59 bits per heavy atom. The number of hydrogen-bond acceptors (Lipinski definition) is 2. The van der Waals surface area contributed by atoms with Crippen molar-refractivity contribution in [3.8, 4) is 55.6 Å². The van der Waals surface area contributed by atoms with Crippen LogP contribution in [0.25, 0.3) is 86.6 Å². The molecule has 10 aromatic carbocycles. The van der Waals surface area contributed by atoms with Crippen LogP contribution in [0.15, 0.2) is 224 Å². The van der Waals surface area contributed by atoms with Crippen LogP contribution >= 0.6 is 11.3 Å². The van der Waals surface area contributed by atoms with Gasteiger partial charge in [0, 0.05) is 42.6 Å². The van der Waals surface area contributed by atoms with Crippen LogP contribution in [0.4, 0.5) is 17.1 Å². The Morgan fingerprint density at radius 2 is 0.841 bits per heavy atom. The van der Waals surface area contributed by atoms with Crippen LogP contribution in [0.5, 0.6) is 0 Å². The molecule has 1 aliphatic rings. The molecular weight excluding hydrogens is 779 g/mol. The fraction of sp³-hybridized carbons (Fsp3) is 0.0492. The zero-order valence-corrected chi connectivity index (χ0v) is 36.0. The van der Waals surface area contributed by atoms with Gasteiger partial charge < -0.3 is 4.90 Å². The van der Waals surface area contributed by atoms with E-state index in [0.717, 1.165) is 17.1 Å². The number of hydrogen-bond donors (Lipinski definition) is 0. The number of anilines is 3. The second kappa shape index (κ2) is 14.8. The highest BCUT2D eigenvalue weighted by Gasteiger charge is 2.35. The Labute approximate surface area is 372 Å². The van der Waals surface area contributed by atoms with Crippen molar-refractivity contribution in [1.29, 1.82) is 0 Å². The van der Waals surface area contributed by atoms with E-state index in [1.807, 2.05) is 11.3 Å². The van der Waals surface area contributed by atoms with Crippen LogP contribution in [-0.4, -0.2) is 0 Å². The first kappa shape index (κ1) is 37.3. The quantitative estimate of drug-likeness (QED) is 0.155. The van der Waals surface area contributed by atoms with E-state index >= 15 is 0 Å². The Bertz CT molecular complexity index is 3520. The van der Waals surface area contributed by atoms with Gasteiger partial charge in [-0.05, 0) is 144 Å². The third-order valence-electron chi connectivity index (χ3n) is 13.3. The molecule has 0 unspecified atom stereocenters. The lowest BCUT2D eigenvalue weighted by Crippen LogP contribution is -2.14. The summed E-state index contributed by atoms with van der Waals surface area (Å²) in [5.41, 5.74) is 18.5. The Morgan fingerprint density at radius 1 is 0.333 bits per heavy atom. The minimum Gasteiger partial charge on any atom is -0.311 e. The molecule has 1 aliphatic carbocycles. The lowest BCUT2D eigenvalue weighted by atomic mass is 9.81. The molecule has 1 nitrogen and oxygen atoms in total. The fourth-order valence-electron chi connectivity index (χ4n) is 9.99. The minimum atomic E-state index is -0.0448. The molecule has 0 saturated heterocycles. The van der Waals surface area contributed by atoms with Crippen molar-refractivity contribution in [2.45, 2.75) is 19.3 Å². The highest BCUT2D eigenvalue weighted by atomic mass is 32.1. The summed E-state index contributed by atoms with van der Waals surface area (Å²) in [6.07, 6.45) is 0. The van der Waals surface area contributed by atoms with Crippen LogP contribution in [0.3, 0.4) is 0 Å². The summed E-state index contributed by atoms with van der Waals surface area (Å²) in [5.74, 6) is 0. The van der Waals surface area contributed by atoms with Gasteiger partial charge in [0.1, 0.15) is 0 Å². The summed E-state index contributed by atoms with van der Waals surface area (Å²) in [6, 6.07) is 82.8. The lowest BCUT2D eigenvalue weighted by molar-refractivity contribution is 0.660. The smallest absolute Gasteiger partial charge is 0.0462 e. The average molecular weight is 822 g/mol. The number of rotatable bonds is 7. The summed E-state index contributed by atoms with van der Waals surface area (Å²) in [6.45, 7) is 4.70. The van der Waals surface area contributed by atoms with E-state index < -0.39 is 0 Å². The standard InChI is InChI=1S/C61H43NS/c1-61(2)56-18-7-5-15-53(56)54-36-29-48(39-57(54)61)42-25-32-50(33-26-42)62(51-34-27-43(28-35-51)52-17-10-20-59-60(52)55-16-6-8-19-58(55)63-59)49-30-23-41(24-31-49)45-13-9-14-46(37-45)47-22-21-40-11-3-4-12-44(40)38-47/h3-39H,1-2H3. The third kappa shape index (κ3) is 6.37. The first-order valence-corrected chi connectivity index (χ1v) is 22.6. The SMILES string of the molecule is CC1(C)c2ccccc2-c2ccc(-c3ccc(N(c4ccc(-c5cccc(-c6ccc7ccccc7c6)c5)cc4)c4ccc(-c5cccc6sc7ccccc7c56)cc4)cc3)cc21. The summed E-state index contributed by atoms with van der Waals surface area (Å²) in [4.78, 5) is 2.38. The Balaban J connectivity index is 0.912. The van der Waals surface area contributed by atoms with Crippen molar-refractivity contribution in [3.05, 3.63) is 236 Å². The minimum absolute atomic E-state index is 0.0448. The van der Waals surface area contributed by atoms with Gasteiger partial charge in [-0.15, -0.1) is 11.3 Å². The van der Waals surface area contributed by atoms with E-state index in [0.29, 0.717) is 0 Å². The maximum absolute atomic E-state index is 2.41. The summed E-state index contributed by atoms with van der Waals surface area (Å²) in [7, 11) is 0. The highest BCUT2D eigenvalue weighted by molar-refractivity contribution is 7.25. The van der Waals surface area contributed by atoms with Crippen molar-refractivity contribution in [3.63, 3.8) is 0 Å². The van der Waals surface area contributed by atoms with Crippen molar-refractivity contribution in [2.24, 2.45) is 0 Å². The number of thiophene rings is 1. The van der Waals surface area contributed by atoms with E-state index in [9.17, 15) is 0 Å². The van der Waals surface area contributed by atoms with Crippen molar-refractivity contribution in [2.75, 3.05) is 4.90 Å². The summed E-state index contributed by atoms with van der Waals surface area (Å²) >= 11 is 1.87. The van der Waals surface area contributed by atoms with Gasteiger partial charge in [-0.1, -0.05) is 172 Å². The Kier molecular flexibility index (Phi) is 8.77. The van der Waals surface area contributed by atoms with Crippen LogP contribution in [0.1, 0.15) is 25.0 Å². The number of fused-ring (bicyclic) bond motifs is 7. The molecule has 298 valence electrons. The molecule has 0 N–H and O–H groups in total. The lowest BCUT2D eigenvalue weighted by Gasteiger charge is -2.26. The van der Waals surface area contributed by atoms with Gasteiger partial charge in [0.05, 0.1) is 0 Å². The highest BCUT2D eigenvalue weighted by Crippen LogP contribution is 2.50. The largest absolute Gasteiger partial charge is 0.311 e. The van der Waals surface area contributed by atoms with Gasteiger partial charge in [0.25, 0.3) is 0 Å². The van der Waals surface area contributed by atoms with Gasteiger partial charge in [-0.3, -0.25) is 0 Å². The molecule has 1 aromatic heterocycles. The van der Waals surface area contributed by atoms with E-state index in [-0.39, 0.29) is 5.41 Å². The number of benzene rings is 10. The van der Waals surface area contributed by atoms with E-state index in [1.165, 1.54) is 97.7 Å². The molecule has 11 aromatic rings. The van der Waals surface area contributed by atoms with Crippen LogP contribution < -0.4 is 4.90 Å². The number of nitrogens with zero attached hydrogens (tertiary/aromatic N) is 1. The molecule has 0 spiro atoms. The predicted molar refractivity (Wildman–Crippen MR) is 271 cm³/mol. The first-order valence-electron chi connectivity index (χ1n) is 21.8. The zero-order chi connectivity index (χ0) is 42.1. The molecular formula is C61H43NS. The molecule has 63 heavy (non-hydrogen) atoms. The topological polar surface area (TPSA) is 3.24 Å². The predicted octanol–water partition coefficient (Wildman–Crippen LogP) is 17.7. The molecule has 0 atom stereocenters. The van der Waals surface area contributed by atoms with Crippen molar-refractivity contribution < 1.29 is 0 Å². The Hall–Kier alpha value is -7.52. The van der Waals surface area contributed by atoms with E-state index in [2.05, 4.69) is 243 Å². The van der Waals surface area contributed by atoms with Gasteiger partial charge in [0.2, 0.25) is 0 Å². The maximum atomic E-state index is 2.41. The normalized spacial score (nSPS) is 12.7. The monoisotopic (exact) mass is 821 g/mol. The summed E-state index contributed by atoms with van der Waals surface area (Å²) < 4.78 is 2.64. The molecule has 12 rings (SSSR count). The van der Waals surface area contributed by atoms with Crippen LogP contribution in [0, 0.1) is 0 Å². The average Bonchev–Trinajstić information content (AvgIpc) is 3.84. The van der Waals surface area contributed by atoms with Crippen LogP contribution in [0.2, 0.25) is 0 Å². The molecule has 2 heteroatoms. The van der Waals surface area contributed by atoms with Crippen molar-refractivity contribution >= 4 is 59.3 Å². The second-order valence-electron chi connectivity index (χ2n) is 17.3. The molecule has 0 fully saturated rings. The van der Waals surface area contributed by atoms with E-state index in [4.69, 9.17) is 0 Å². The molecule has 1 heterocycles. The van der Waals surface area contributed by atoms with Gasteiger partial charge in [0.15, 0.2) is 0 Å². The van der Waals surface area contributed by atoms with E-state index in [1.54, 1.807) is 0 Å². The van der Waals surface area contributed by atoms with Gasteiger partial charge >= 0.3 is 0 Å². The molecule has 0 bridgehead atoms. The molecule has 0 radical (unpaired) electrons. The second-order valence-corrected chi connectivity index (χ2v) is 18.4. The van der Waals surface area contributed by atoms with Gasteiger partial charge in [-0.25, -0.2) is 0 Å². The van der Waals surface area contributed by atoms with Crippen molar-refractivity contribution in [1.82, 2.24) is 0 Å².